The Bertz CT molecular complexity index is 397. The summed E-state index contributed by atoms with van der Waals surface area (Å²) in [6, 6.07) is 7.46. The van der Waals surface area contributed by atoms with Crippen molar-refractivity contribution >= 4 is 17.5 Å². The molecular formula is C14H18ClNO2. The van der Waals surface area contributed by atoms with E-state index in [0.29, 0.717) is 11.6 Å². The van der Waals surface area contributed by atoms with Crippen molar-refractivity contribution in [2.45, 2.75) is 38.3 Å². The third-order valence-corrected chi connectivity index (χ3v) is 3.70. The lowest BCUT2D eigenvalue weighted by molar-refractivity contribution is -0.126. The monoisotopic (exact) mass is 267 g/mol. The largest absolute Gasteiger partial charge is 0.393 e. The Morgan fingerprint density at radius 3 is 2.44 bits per heavy atom. The van der Waals surface area contributed by atoms with E-state index in [1.807, 2.05) is 24.3 Å². The van der Waals surface area contributed by atoms with Gasteiger partial charge in [-0.25, -0.2) is 0 Å². The quantitative estimate of drug-likeness (QED) is 0.884. The summed E-state index contributed by atoms with van der Waals surface area (Å²) in [6.45, 7) is 0.537. The van der Waals surface area contributed by atoms with Crippen molar-refractivity contribution < 1.29 is 9.90 Å². The molecule has 1 saturated carbocycles. The number of aliphatic hydroxyl groups excluding tert-OH is 1. The maximum absolute atomic E-state index is 11.9. The lowest BCUT2D eigenvalue weighted by Gasteiger charge is -2.24. The average molecular weight is 268 g/mol. The standard InChI is InChI=1S/C14H18ClNO2/c15-12-5-1-10(2-6-12)9-16-14(18)11-3-7-13(17)8-4-11/h1-2,5-6,11,13,17H,3-4,7-9H2,(H,16,18). The van der Waals surface area contributed by atoms with E-state index >= 15 is 0 Å². The molecule has 2 N–H and O–H groups in total. The molecule has 1 aliphatic carbocycles. The van der Waals surface area contributed by atoms with Gasteiger partial charge in [0, 0.05) is 17.5 Å². The van der Waals surface area contributed by atoms with Crippen molar-refractivity contribution in [2.75, 3.05) is 0 Å². The molecule has 0 radical (unpaired) electrons. The first kappa shape index (κ1) is 13.4. The molecular weight excluding hydrogens is 250 g/mol. The van der Waals surface area contributed by atoms with Gasteiger partial charge in [0.25, 0.3) is 0 Å². The van der Waals surface area contributed by atoms with E-state index in [1.165, 1.54) is 0 Å². The Kier molecular flexibility index (Phi) is 4.61. The lowest BCUT2D eigenvalue weighted by atomic mass is 9.87. The van der Waals surface area contributed by atoms with Gasteiger partial charge in [0.05, 0.1) is 6.10 Å². The van der Waals surface area contributed by atoms with Crippen molar-refractivity contribution in [1.29, 1.82) is 0 Å². The van der Waals surface area contributed by atoms with Gasteiger partial charge in [0.1, 0.15) is 0 Å². The highest BCUT2D eigenvalue weighted by atomic mass is 35.5. The Morgan fingerprint density at radius 2 is 1.83 bits per heavy atom. The van der Waals surface area contributed by atoms with Crippen LogP contribution in [-0.2, 0) is 11.3 Å². The molecule has 1 aliphatic rings. The third-order valence-electron chi connectivity index (χ3n) is 3.45. The molecule has 0 spiro atoms. The highest BCUT2D eigenvalue weighted by Gasteiger charge is 2.24. The summed E-state index contributed by atoms with van der Waals surface area (Å²) in [6.07, 6.45) is 2.82. The molecule has 0 bridgehead atoms. The van der Waals surface area contributed by atoms with E-state index < -0.39 is 0 Å². The molecule has 0 unspecified atom stereocenters. The van der Waals surface area contributed by atoms with Crippen LogP contribution in [-0.4, -0.2) is 17.1 Å². The van der Waals surface area contributed by atoms with Gasteiger partial charge in [-0.2, -0.15) is 0 Å². The first-order chi connectivity index (χ1) is 8.65. The second kappa shape index (κ2) is 6.21. The second-order valence-electron chi connectivity index (χ2n) is 4.85. The molecule has 0 aromatic heterocycles. The fourth-order valence-electron chi connectivity index (χ4n) is 2.27. The van der Waals surface area contributed by atoms with Crippen LogP contribution in [0.15, 0.2) is 24.3 Å². The van der Waals surface area contributed by atoms with Crippen molar-refractivity contribution in [3.8, 4) is 0 Å². The molecule has 3 nitrogen and oxygen atoms in total. The van der Waals surface area contributed by atoms with Crippen LogP contribution in [0.2, 0.25) is 5.02 Å². The zero-order valence-corrected chi connectivity index (χ0v) is 11.0. The van der Waals surface area contributed by atoms with E-state index in [1.54, 1.807) is 0 Å². The van der Waals surface area contributed by atoms with Crippen LogP contribution >= 0.6 is 11.6 Å². The second-order valence-corrected chi connectivity index (χ2v) is 5.29. The normalized spacial score (nSPS) is 23.7. The summed E-state index contributed by atoms with van der Waals surface area (Å²) in [4.78, 5) is 11.9. The minimum absolute atomic E-state index is 0.0562. The maximum atomic E-state index is 11.9. The molecule has 1 fully saturated rings. The molecule has 1 aromatic carbocycles. The van der Waals surface area contributed by atoms with Gasteiger partial charge in [-0.3, -0.25) is 4.79 Å². The summed E-state index contributed by atoms with van der Waals surface area (Å²) in [5, 5.41) is 13.0. The minimum Gasteiger partial charge on any atom is -0.393 e. The van der Waals surface area contributed by atoms with Gasteiger partial charge in [0.15, 0.2) is 0 Å². The Labute approximate surface area is 112 Å². The third kappa shape index (κ3) is 3.72. The summed E-state index contributed by atoms with van der Waals surface area (Å²) >= 11 is 5.80. The van der Waals surface area contributed by atoms with Gasteiger partial charge in [-0.15, -0.1) is 0 Å². The Hall–Kier alpha value is -1.06. The number of rotatable bonds is 3. The van der Waals surface area contributed by atoms with Crippen LogP contribution < -0.4 is 5.32 Å². The lowest BCUT2D eigenvalue weighted by Crippen LogP contribution is -2.33. The number of carbonyl (C=O) groups excluding carboxylic acids is 1. The van der Waals surface area contributed by atoms with Gasteiger partial charge < -0.3 is 10.4 Å². The molecule has 98 valence electrons. The summed E-state index contributed by atoms with van der Waals surface area (Å²) in [7, 11) is 0. The van der Waals surface area contributed by atoms with Crippen LogP contribution in [0, 0.1) is 5.92 Å². The van der Waals surface area contributed by atoms with Crippen LogP contribution in [0.4, 0.5) is 0 Å². The number of hydrogen-bond acceptors (Lipinski definition) is 2. The number of hydrogen-bond donors (Lipinski definition) is 2. The number of nitrogens with one attached hydrogen (secondary N) is 1. The number of carbonyl (C=O) groups is 1. The highest BCUT2D eigenvalue weighted by Crippen LogP contribution is 2.24. The molecule has 18 heavy (non-hydrogen) atoms. The summed E-state index contributed by atoms with van der Waals surface area (Å²) in [5.41, 5.74) is 1.04. The van der Waals surface area contributed by atoms with Gasteiger partial charge in [-0.05, 0) is 43.4 Å². The van der Waals surface area contributed by atoms with E-state index in [4.69, 9.17) is 11.6 Å². The van der Waals surface area contributed by atoms with E-state index in [-0.39, 0.29) is 17.9 Å². The molecule has 0 atom stereocenters. The fourth-order valence-corrected chi connectivity index (χ4v) is 2.40. The van der Waals surface area contributed by atoms with Crippen LogP contribution in [0.3, 0.4) is 0 Å². The van der Waals surface area contributed by atoms with Gasteiger partial charge in [0.2, 0.25) is 5.91 Å². The predicted octanol–water partition coefficient (Wildman–Crippen LogP) is 2.51. The van der Waals surface area contributed by atoms with Crippen molar-refractivity contribution in [3.05, 3.63) is 34.9 Å². The zero-order valence-electron chi connectivity index (χ0n) is 10.2. The molecule has 1 aromatic rings. The van der Waals surface area contributed by atoms with E-state index in [0.717, 1.165) is 31.2 Å². The number of aliphatic hydroxyl groups is 1. The number of amides is 1. The van der Waals surface area contributed by atoms with Crippen molar-refractivity contribution in [2.24, 2.45) is 5.92 Å². The molecule has 0 aliphatic heterocycles. The van der Waals surface area contributed by atoms with Crippen LogP contribution in [0.1, 0.15) is 31.2 Å². The molecule has 1 amide bonds. The molecule has 0 saturated heterocycles. The van der Waals surface area contributed by atoms with Gasteiger partial charge in [-0.1, -0.05) is 23.7 Å². The SMILES string of the molecule is O=C(NCc1ccc(Cl)cc1)C1CCC(O)CC1. The first-order valence-corrected chi connectivity index (χ1v) is 6.73. The van der Waals surface area contributed by atoms with Crippen LogP contribution in [0.25, 0.3) is 0 Å². The first-order valence-electron chi connectivity index (χ1n) is 6.35. The summed E-state index contributed by atoms with van der Waals surface area (Å²) < 4.78 is 0. The highest BCUT2D eigenvalue weighted by molar-refractivity contribution is 6.30. The smallest absolute Gasteiger partial charge is 0.223 e. The predicted molar refractivity (Wildman–Crippen MR) is 71.3 cm³/mol. The fraction of sp³-hybridized carbons (Fsp3) is 0.500. The maximum Gasteiger partial charge on any atom is 0.223 e. The Morgan fingerprint density at radius 1 is 1.22 bits per heavy atom. The molecule has 2 rings (SSSR count). The number of halogens is 1. The zero-order chi connectivity index (χ0) is 13.0. The number of benzene rings is 1. The molecule has 0 heterocycles. The molecule has 4 heteroatoms. The average Bonchev–Trinajstić information content (AvgIpc) is 2.38. The summed E-state index contributed by atoms with van der Waals surface area (Å²) in [5.74, 6) is 0.151. The Balaban J connectivity index is 1.79. The topological polar surface area (TPSA) is 49.3 Å². The van der Waals surface area contributed by atoms with Crippen molar-refractivity contribution in [1.82, 2.24) is 5.32 Å². The van der Waals surface area contributed by atoms with Crippen LogP contribution in [0.5, 0.6) is 0 Å². The van der Waals surface area contributed by atoms with Gasteiger partial charge >= 0.3 is 0 Å². The van der Waals surface area contributed by atoms with E-state index in [9.17, 15) is 9.90 Å². The van der Waals surface area contributed by atoms with E-state index in [2.05, 4.69) is 5.32 Å². The minimum atomic E-state index is -0.217. The van der Waals surface area contributed by atoms with Crippen molar-refractivity contribution in [3.63, 3.8) is 0 Å².